The number of ether oxygens (including phenoxy) is 2. The third kappa shape index (κ3) is 6.13. The van der Waals surface area contributed by atoms with E-state index in [0.717, 1.165) is 26.5 Å². The molecule has 0 spiro atoms. The molecule has 0 fully saturated rings. The number of aryl methyl sites for hydroxylation is 2. The average molecular weight is 616 g/mol. The van der Waals surface area contributed by atoms with E-state index in [4.69, 9.17) is 26.5 Å². The van der Waals surface area contributed by atoms with Crippen molar-refractivity contribution in [1.82, 2.24) is 13.7 Å². The van der Waals surface area contributed by atoms with Gasteiger partial charge in [0.2, 0.25) is 5.71 Å². The summed E-state index contributed by atoms with van der Waals surface area (Å²) < 4.78 is 55.9. The van der Waals surface area contributed by atoms with Crippen molar-refractivity contribution in [2.24, 2.45) is 24.8 Å². The smallest absolute Gasteiger partial charge is 0.444 e. The second kappa shape index (κ2) is 11.4. The molecule has 0 aliphatic carbocycles. The number of nitrogens with two attached hydrogens (primary N) is 1. The van der Waals surface area contributed by atoms with E-state index in [9.17, 15) is 32.3 Å². The quantitative estimate of drug-likeness (QED) is 0.311. The van der Waals surface area contributed by atoms with Crippen LogP contribution in [-0.4, -0.2) is 38.5 Å². The van der Waals surface area contributed by atoms with Gasteiger partial charge in [-0.2, -0.15) is 4.99 Å². The summed E-state index contributed by atoms with van der Waals surface area (Å²) in [5.41, 5.74) is 4.93. The highest BCUT2D eigenvalue weighted by molar-refractivity contribution is 7.07. The fourth-order valence-electron chi connectivity index (χ4n) is 3.93. The third-order valence-electron chi connectivity index (χ3n) is 5.91. The molecule has 0 atom stereocenters. The number of rotatable bonds is 7. The molecule has 218 valence electrons. The zero-order chi connectivity index (χ0) is 30.2. The van der Waals surface area contributed by atoms with Gasteiger partial charge >= 0.3 is 18.0 Å². The van der Waals surface area contributed by atoms with Crippen molar-refractivity contribution in [1.29, 1.82) is 0 Å². The monoisotopic (exact) mass is 615 g/mol. The van der Waals surface area contributed by atoms with Gasteiger partial charge in [0, 0.05) is 30.6 Å². The fraction of sp³-hybridized carbons (Fsp3) is 0.292. The number of alkyl halides is 3. The number of hydrogen-bond acceptors (Lipinski definition) is 9. The van der Waals surface area contributed by atoms with Gasteiger partial charge in [-0.15, -0.1) is 24.5 Å². The lowest BCUT2D eigenvalue weighted by molar-refractivity contribution is -0.274. The van der Waals surface area contributed by atoms with Crippen molar-refractivity contribution in [3.8, 4) is 17.0 Å². The van der Waals surface area contributed by atoms with Crippen molar-refractivity contribution >= 4 is 45.9 Å². The Hall–Kier alpha value is -4.15. The molecule has 41 heavy (non-hydrogen) atoms. The molecular formula is C24H21ClF3N5O7S. The van der Waals surface area contributed by atoms with E-state index in [0.29, 0.717) is 11.3 Å². The normalized spacial score (nSPS) is 12.2. The standard InChI is InChI=1S/C24H21ClF3N5O7S/c1-11-13(19-20(36)31(2)23(37)32(3)21(19)39-11)7-17(34)30-22-33(10-38-18(35)8-29)15(9-41-22)12-4-5-16(14(25)6-12)40-24(26,27)28/h4-6,9H,7-8,10,29H2,1-3H3. The molecule has 4 rings (SSSR count). The zero-order valence-electron chi connectivity index (χ0n) is 21.6. The highest BCUT2D eigenvalue weighted by Gasteiger charge is 2.32. The van der Waals surface area contributed by atoms with Gasteiger partial charge in [-0.25, -0.2) is 4.79 Å². The first kappa shape index (κ1) is 29.8. The Balaban J connectivity index is 1.76. The average Bonchev–Trinajstić information content (AvgIpc) is 3.45. The Morgan fingerprint density at radius 2 is 1.90 bits per heavy atom. The maximum atomic E-state index is 13.1. The molecule has 0 bridgehead atoms. The summed E-state index contributed by atoms with van der Waals surface area (Å²) in [7, 11) is 2.73. The highest BCUT2D eigenvalue weighted by atomic mass is 35.5. The van der Waals surface area contributed by atoms with Crippen LogP contribution in [0.5, 0.6) is 5.75 Å². The lowest BCUT2D eigenvalue weighted by atomic mass is 10.1. The maximum Gasteiger partial charge on any atom is 0.573 e. The van der Waals surface area contributed by atoms with Crippen LogP contribution in [0.3, 0.4) is 0 Å². The predicted molar refractivity (Wildman–Crippen MR) is 140 cm³/mol. The number of hydrogen-bond donors (Lipinski definition) is 1. The molecule has 17 heteroatoms. The second-order valence-corrected chi connectivity index (χ2v) is 9.82. The number of esters is 1. The Bertz CT molecular complexity index is 1870. The Kier molecular flexibility index (Phi) is 8.28. The molecule has 2 N–H and O–H groups in total. The van der Waals surface area contributed by atoms with Crippen LogP contribution in [0.25, 0.3) is 22.4 Å². The van der Waals surface area contributed by atoms with E-state index in [1.807, 2.05) is 0 Å². The fourth-order valence-corrected chi connectivity index (χ4v) is 5.07. The number of carbonyl (C=O) groups excluding carboxylic acids is 2. The molecular weight excluding hydrogens is 595 g/mol. The molecule has 4 aromatic rings. The summed E-state index contributed by atoms with van der Waals surface area (Å²) in [6.45, 7) is 0.679. The van der Waals surface area contributed by atoms with Crippen LogP contribution in [-0.2, 0) is 41.6 Å². The molecule has 0 saturated heterocycles. The summed E-state index contributed by atoms with van der Waals surface area (Å²) in [6, 6.07) is 3.52. The number of halogens is 4. The van der Waals surface area contributed by atoms with Gasteiger partial charge in [-0.05, 0) is 25.1 Å². The maximum absolute atomic E-state index is 13.1. The van der Waals surface area contributed by atoms with Crippen molar-refractivity contribution in [2.45, 2.75) is 26.4 Å². The van der Waals surface area contributed by atoms with Gasteiger partial charge in [0.25, 0.3) is 11.5 Å². The molecule has 0 aliphatic heterocycles. The Morgan fingerprint density at radius 1 is 1.20 bits per heavy atom. The van der Waals surface area contributed by atoms with Gasteiger partial charge < -0.3 is 19.6 Å². The minimum absolute atomic E-state index is 0.00963. The minimum Gasteiger partial charge on any atom is -0.444 e. The second-order valence-electron chi connectivity index (χ2n) is 8.58. The molecule has 1 amide bonds. The first-order valence-corrected chi connectivity index (χ1v) is 12.8. The van der Waals surface area contributed by atoms with Crippen LogP contribution >= 0.6 is 22.9 Å². The van der Waals surface area contributed by atoms with Gasteiger partial charge in [0.05, 0.1) is 23.7 Å². The molecule has 0 radical (unpaired) electrons. The summed E-state index contributed by atoms with van der Waals surface area (Å²) >= 11 is 6.97. The summed E-state index contributed by atoms with van der Waals surface area (Å²) in [4.78, 5) is 54.0. The lowest BCUT2D eigenvalue weighted by Crippen LogP contribution is -2.36. The van der Waals surface area contributed by atoms with E-state index in [-0.39, 0.29) is 38.7 Å². The molecule has 0 unspecified atom stereocenters. The van der Waals surface area contributed by atoms with Gasteiger partial charge in [-0.3, -0.25) is 28.1 Å². The topological polar surface area (TPSA) is 153 Å². The predicted octanol–water partition coefficient (Wildman–Crippen LogP) is 2.35. The summed E-state index contributed by atoms with van der Waals surface area (Å²) in [6.07, 6.45) is -5.31. The number of benzene rings is 1. The van der Waals surface area contributed by atoms with Crippen molar-refractivity contribution < 1.29 is 36.7 Å². The molecule has 3 aromatic heterocycles. The van der Waals surface area contributed by atoms with Crippen LogP contribution in [0.2, 0.25) is 5.02 Å². The molecule has 1 aromatic carbocycles. The van der Waals surface area contributed by atoms with Crippen LogP contribution in [0.1, 0.15) is 11.3 Å². The van der Waals surface area contributed by atoms with E-state index in [1.165, 1.54) is 43.1 Å². The molecule has 0 saturated carbocycles. The summed E-state index contributed by atoms with van der Waals surface area (Å²) in [5.74, 6) is -1.84. The van der Waals surface area contributed by atoms with Crippen LogP contribution in [0.4, 0.5) is 13.2 Å². The third-order valence-corrected chi connectivity index (χ3v) is 7.07. The van der Waals surface area contributed by atoms with Gasteiger partial charge in [0.1, 0.15) is 16.9 Å². The number of fused-ring (bicyclic) bond motifs is 1. The highest BCUT2D eigenvalue weighted by Crippen LogP contribution is 2.34. The van der Waals surface area contributed by atoms with Crippen molar-refractivity contribution in [2.75, 3.05) is 6.54 Å². The van der Waals surface area contributed by atoms with Crippen LogP contribution in [0.15, 0.2) is 42.6 Å². The van der Waals surface area contributed by atoms with E-state index in [2.05, 4.69) is 9.73 Å². The number of furan rings is 1. The SMILES string of the molecule is Cc1oc2c(c1CC(=O)N=c1scc(-c3ccc(OC(F)(F)F)c(Cl)c3)n1COC(=O)CN)c(=O)n(C)c(=O)n2C. The largest absolute Gasteiger partial charge is 0.573 e. The van der Waals surface area contributed by atoms with Gasteiger partial charge in [0.15, 0.2) is 11.5 Å². The van der Waals surface area contributed by atoms with E-state index >= 15 is 0 Å². The lowest BCUT2D eigenvalue weighted by Gasteiger charge is -2.13. The summed E-state index contributed by atoms with van der Waals surface area (Å²) in [5, 5.41) is 1.25. The Labute approximate surface area is 236 Å². The number of carbonyl (C=O) groups is 2. The molecule has 12 nitrogen and oxygen atoms in total. The number of thiazole rings is 1. The number of nitrogens with zero attached hydrogens (tertiary/aromatic N) is 4. The van der Waals surface area contributed by atoms with Gasteiger partial charge in [-0.1, -0.05) is 11.6 Å². The first-order valence-electron chi connectivity index (χ1n) is 11.6. The minimum atomic E-state index is -4.95. The van der Waals surface area contributed by atoms with Crippen LogP contribution < -0.4 is 26.5 Å². The first-order chi connectivity index (χ1) is 19.2. The molecule has 0 aliphatic rings. The van der Waals surface area contributed by atoms with Crippen molar-refractivity contribution in [3.05, 3.63) is 65.6 Å². The number of amides is 1. The zero-order valence-corrected chi connectivity index (χ0v) is 23.1. The Morgan fingerprint density at radius 3 is 2.54 bits per heavy atom. The van der Waals surface area contributed by atoms with E-state index < -0.39 is 48.5 Å². The van der Waals surface area contributed by atoms with E-state index in [1.54, 1.807) is 0 Å². The van der Waals surface area contributed by atoms with Crippen LogP contribution in [0, 0.1) is 6.92 Å². The number of aromatic nitrogens is 3. The van der Waals surface area contributed by atoms with Crippen molar-refractivity contribution in [3.63, 3.8) is 0 Å². The molecule has 3 heterocycles.